The number of methoxy groups -OCH3 is 1. The fourth-order valence-electron chi connectivity index (χ4n) is 2.73. The topological polar surface area (TPSA) is 40.1 Å². The third-order valence-corrected chi connectivity index (χ3v) is 4.10. The molecule has 0 radical (unpaired) electrons. The van der Waals surface area contributed by atoms with Crippen LogP contribution in [0.5, 0.6) is 0 Å². The highest BCUT2D eigenvalue weighted by Gasteiger charge is 2.18. The molecule has 1 heterocycles. The standard InChI is InChI=1S/C17H28N4O/c1-18-17(19-9-11-20(2)12-13-22-3)21-10-8-15-6-4-5-7-16(15)14-21/h4-7H,8-14H2,1-3H3,(H,18,19). The number of nitrogens with zero attached hydrogens (tertiary/aromatic N) is 3. The maximum Gasteiger partial charge on any atom is 0.194 e. The molecule has 0 spiro atoms. The van der Waals surface area contributed by atoms with Gasteiger partial charge in [-0.1, -0.05) is 24.3 Å². The van der Waals surface area contributed by atoms with E-state index < -0.39 is 0 Å². The Hall–Kier alpha value is -1.59. The van der Waals surface area contributed by atoms with E-state index in [1.165, 1.54) is 11.1 Å². The Balaban J connectivity index is 1.81. The van der Waals surface area contributed by atoms with E-state index in [9.17, 15) is 0 Å². The van der Waals surface area contributed by atoms with E-state index in [-0.39, 0.29) is 0 Å². The minimum atomic E-state index is 0.772. The van der Waals surface area contributed by atoms with Crippen LogP contribution in [-0.4, -0.2) is 69.8 Å². The molecule has 0 saturated carbocycles. The Morgan fingerprint density at radius 1 is 1.32 bits per heavy atom. The second-order valence-corrected chi connectivity index (χ2v) is 5.71. The average molecular weight is 304 g/mol. The van der Waals surface area contributed by atoms with Crippen LogP contribution in [0.2, 0.25) is 0 Å². The van der Waals surface area contributed by atoms with Crippen molar-refractivity contribution in [2.45, 2.75) is 13.0 Å². The van der Waals surface area contributed by atoms with Gasteiger partial charge in [-0.3, -0.25) is 4.99 Å². The lowest BCUT2D eigenvalue weighted by Gasteiger charge is -2.32. The fourth-order valence-corrected chi connectivity index (χ4v) is 2.73. The van der Waals surface area contributed by atoms with E-state index in [2.05, 4.69) is 51.4 Å². The maximum atomic E-state index is 5.10. The molecule has 1 N–H and O–H groups in total. The summed E-state index contributed by atoms with van der Waals surface area (Å²) in [5, 5.41) is 3.47. The predicted octanol–water partition coefficient (Wildman–Crippen LogP) is 1.20. The Kier molecular flexibility index (Phi) is 6.68. The van der Waals surface area contributed by atoms with Crippen molar-refractivity contribution in [3.63, 3.8) is 0 Å². The van der Waals surface area contributed by atoms with Crippen molar-refractivity contribution in [2.75, 3.05) is 54.0 Å². The molecule has 0 atom stereocenters. The molecule has 22 heavy (non-hydrogen) atoms. The SMILES string of the molecule is CN=C(NCCN(C)CCOC)N1CCc2ccccc2C1. The third kappa shape index (κ3) is 4.71. The molecular formula is C17H28N4O. The van der Waals surface area contributed by atoms with Crippen LogP contribution in [0.3, 0.4) is 0 Å². The molecule has 1 aliphatic heterocycles. The number of hydrogen-bond donors (Lipinski definition) is 1. The van der Waals surface area contributed by atoms with Crippen LogP contribution in [0.25, 0.3) is 0 Å². The van der Waals surface area contributed by atoms with Crippen molar-refractivity contribution >= 4 is 5.96 Å². The summed E-state index contributed by atoms with van der Waals surface area (Å²) >= 11 is 0. The number of benzene rings is 1. The quantitative estimate of drug-likeness (QED) is 0.633. The highest BCUT2D eigenvalue weighted by atomic mass is 16.5. The molecule has 0 amide bonds. The highest BCUT2D eigenvalue weighted by molar-refractivity contribution is 5.80. The molecule has 0 bridgehead atoms. The largest absolute Gasteiger partial charge is 0.383 e. The van der Waals surface area contributed by atoms with Gasteiger partial charge in [-0.2, -0.15) is 0 Å². The third-order valence-electron chi connectivity index (χ3n) is 4.10. The van der Waals surface area contributed by atoms with Gasteiger partial charge in [0.2, 0.25) is 0 Å². The Morgan fingerprint density at radius 2 is 2.09 bits per heavy atom. The van der Waals surface area contributed by atoms with Crippen LogP contribution in [0, 0.1) is 0 Å². The molecule has 5 nitrogen and oxygen atoms in total. The number of ether oxygens (including phenoxy) is 1. The van der Waals surface area contributed by atoms with Crippen molar-refractivity contribution in [3.05, 3.63) is 35.4 Å². The van der Waals surface area contributed by atoms with Crippen molar-refractivity contribution < 1.29 is 4.74 Å². The van der Waals surface area contributed by atoms with Crippen molar-refractivity contribution in [1.82, 2.24) is 15.1 Å². The number of nitrogens with one attached hydrogen (secondary N) is 1. The zero-order chi connectivity index (χ0) is 15.8. The lowest BCUT2D eigenvalue weighted by atomic mass is 10.0. The monoisotopic (exact) mass is 304 g/mol. The molecule has 1 aromatic carbocycles. The van der Waals surface area contributed by atoms with Crippen molar-refractivity contribution in [1.29, 1.82) is 0 Å². The maximum absolute atomic E-state index is 5.10. The molecule has 0 saturated heterocycles. The minimum Gasteiger partial charge on any atom is -0.383 e. The fraction of sp³-hybridized carbons (Fsp3) is 0.588. The van der Waals surface area contributed by atoms with Gasteiger partial charge < -0.3 is 19.9 Å². The first-order chi connectivity index (χ1) is 10.7. The van der Waals surface area contributed by atoms with Crippen molar-refractivity contribution in [2.24, 2.45) is 4.99 Å². The summed E-state index contributed by atoms with van der Waals surface area (Å²) in [6.07, 6.45) is 1.09. The lowest BCUT2D eigenvalue weighted by Crippen LogP contribution is -2.46. The smallest absolute Gasteiger partial charge is 0.194 e. The second kappa shape index (κ2) is 8.76. The predicted molar refractivity (Wildman–Crippen MR) is 91.3 cm³/mol. The highest BCUT2D eigenvalue weighted by Crippen LogP contribution is 2.18. The van der Waals surface area contributed by atoms with Gasteiger partial charge in [0, 0.05) is 46.9 Å². The first-order valence-corrected chi connectivity index (χ1v) is 7.94. The number of guanidine groups is 1. The summed E-state index contributed by atoms with van der Waals surface area (Å²) in [7, 11) is 5.71. The molecule has 1 aromatic rings. The normalized spacial score (nSPS) is 15.1. The summed E-state index contributed by atoms with van der Waals surface area (Å²) in [5.41, 5.74) is 2.88. The summed E-state index contributed by atoms with van der Waals surface area (Å²) in [5.74, 6) is 0.995. The second-order valence-electron chi connectivity index (χ2n) is 5.71. The lowest BCUT2D eigenvalue weighted by molar-refractivity contribution is 0.162. The number of fused-ring (bicyclic) bond motifs is 1. The van der Waals surface area contributed by atoms with Gasteiger partial charge in [-0.05, 0) is 24.6 Å². The Labute approximate surface area is 134 Å². The van der Waals surface area contributed by atoms with Gasteiger partial charge >= 0.3 is 0 Å². The number of hydrogen-bond acceptors (Lipinski definition) is 3. The number of rotatable bonds is 6. The summed E-state index contributed by atoms with van der Waals surface area (Å²) in [6.45, 7) is 5.56. The Morgan fingerprint density at radius 3 is 2.82 bits per heavy atom. The summed E-state index contributed by atoms with van der Waals surface area (Å²) < 4.78 is 5.10. The first-order valence-electron chi connectivity index (χ1n) is 7.94. The van der Waals surface area contributed by atoms with E-state index in [1.807, 2.05) is 7.05 Å². The van der Waals surface area contributed by atoms with Gasteiger partial charge in [0.15, 0.2) is 5.96 Å². The van der Waals surface area contributed by atoms with Crippen LogP contribution < -0.4 is 5.32 Å². The summed E-state index contributed by atoms with van der Waals surface area (Å²) in [6, 6.07) is 8.68. The molecular weight excluding hydrogens is 276 g/mol. The van der Waals surface area contributed by atoms with Crippen LogP contribution in [0.1, 0.15) is 11.1 Å². The summed E-state index contributed by atoms with van der Waals surface area (Å²) in [4.78, 5) is 9.02. The van der Waals surface area contributed by atoms with Gasteiger partial charge in [0.1, 0.15) is 0 Å². The van der Waals surface area contributed by atoms with Gasteiger partial charge in [-0.25, -0.2) is 0 Å². The van der Waals surface area contributed by atoms with Crippen LogP contribution >= 0.6 is 0 Å². The zero-order valence-corrected chi connectivity index (χ0v) is 14.0. The van der Waals surface area contributed by atoms with E-state index in [4.69, 9.17) is 4.74 Å². The van der Waals surface area contributed by atoms with Gasteiger partial charge in [-0.15, -0.1) is 0 Å². The molecule has 5 heteroatoms. The van der Waals surface area contributed by atoms with E-state index in [1.54, 1.807) is 7.11 Å². The van der Waals surface area contributed by atoms with Crippen molar-refractivity contribution in [3.8, 4) is 0 Å². The average Bonchev–Trinajstić information content (AvgIpc) is 2.56. The van der Waals surface area contributed by atoms with E-state index >= 15 is 0 Å². The van der Waals surface area contributed by atoms with E-state index in [0.717, 1.165) is 51.7 Å². The van der Waals surface area contributed by atoms with Crippen LogP contribution in [0.15, 0.2) is 29.3 Å². The van der Waals surface area contributed by atoms with E-state index in [0.29, 0.717) is 0 Å². The molecule has 0 aliphatic carbocycles. The molecule has 2 rings (SSSR count). The minimum absolute atomic E-state index is 0.772. The van der Waals surface area contributed by atoms with Crippen LogP contribution in [-0.2, 0) is 17.7 Å². The van der Waals surface area contributed by atoms with Gasteiger partial charge in [0.05, 0.1) is 6.61 Å². The first kappa shape index (κ1) is 16.8. The Bertz CT molecular complexity index is 489. The molecule has 0 unspecified atom stereocenters. The van der Waals surface area contributed by atoms with Crippen LogP contribution in [0.4, 0.5) is 0 Å². The molecule has 0 aromatic heterocycles. The molecule has 122 valence electrons. The molecule has 0 fully saturated rings. The number of likely N-dealkylation sites (N-methyl/N-ethyl adjacent to an activating group) is 1. The zero-order valence-electron chi connectivity index (χ0n) is 14.0. The van der Waals surface area contributed by atoms with Gasteiger partial charge in [0.25, 0.3) is 0 Å². The number of aliphatic imine (C=N–C) groups is 1. The molecule has 1 aliphatic rings.